The van der Waals surface area contributed by atoms with E-state index >= 15 is 0 Å². The maximum Gasteiger partial charge on any atom is 0.407 e. The monoisotopic (exact) mass is 235 g/mol. The molecule has 1 aliphatic carbocycles. The Labute approximate surface area is 81.0 Å². The Balaban J connectivity index is 2.33. The number of alkyl carbamates (subject to hydrolysis) is 1. The third kappa shape index (κ3) is 2.66. The molecule has 0 aromatic carbocycles. The lowest BCUT2D eigenvalue weighted by atomic mass is 9.95. The summed E-state index contributed by atoms with van der Waals surface area (Å²) in [5.74, 6) is 0. The minimum absolute atomic E-state index is 0.242. The molecule has 0 aliphatic heterocycles. The molecule has 2 unspecified atom stereocenters. The van der Waals surface area contributed by atoms with E-state index in [0.29, 0.717) is 4.83 Å². The van der Waals surface area contributed by atoms with Gasteiger partial charge in [0, 0.05) is 10.9 Å². The van der Waals surface area contributed by atoms with Crippen molar-refractivity contribution in [2.24, 2.45) is 0 Å². The van der Waals surface area contributed by atoms with Crippen molar-refractivity contribution in [3.8, 4) is 0 Å². The third-order valence-corrected chi connectivity index (χ3v) is 3.27. The second kappa shape index (κ2) is 4.70. The summed E-state index contributed by atoms with van der Waals surface area (Å²) in [7, 11) is 1.39. The van der Waals surface area contributed by atoms with Crippen LogP contribution in [-0.4, -0.2) is 24.1 Å². The number of rotatable bonds is 1. The predicted molar refractivity (Wildman–Crippen MR) is 50.5 cm³/mol. The Kier molecular flexibility index (Phi) is 3.85. The molecule has 1 N–H and O–H groups in total. The van der Waals surface area contributed by atoms with E-state index in [-0.39, 0.29) is 12.1 Å². The Morgan fingerprint density at radius 2 is 2.17 bits per heavy atom. The zero-order valence-electron chi connectivity index (χ0n) is 7.18. The van der Waals surface area contributed by atoms with E-state index < -0.39 is 0 Å². The number of halogens is 1. The zero-order valence-corrected chi connectivity index (χ0v) is 8.76. The summed E-state index contributed by atoms with van der Waals surface area (Å²) in [5.41, 5.74) is 0. The smallest absolute Gasteiger partial charge is 0.407 e. The highest BCUT2D eigenvalue weighted by Gasteiger charge is 2.24. The van der Waals surface area contributed by atoms with Crippen LogP contribution in [0, 0.1) is 0 Å². The molecular formula is C8H14BrNO2. The molecule has 12 heavy (non-hydrogen) atoms. The maximum atomic E-state index is 10.9. The van der Waals surface area contributed by atoms with Gasteiger partial charge >= 0.3 is 6.09 Å². The van der Waals surface area contributed by atoms with Crippen molar-refractivity contribution in [1.82, 2.24) is 5.32 Å². The second-order valence-electron chi connectivity index (χ2n) is 3.04. The Hall–Kier alpha value is -0.250. The van der Waals surface area contributed by atoms with Gasteiger partial charge in [0.2, 0.25) is 0 Å². The number of amides is 1. The largest absolute Gasteiger partial charge is 0.453 e. The van der Waals surface area contributed by atoms with Gasteiger partial charge in [-0.1, -0.05) is 28.8 Å². The van der Waals surface area contributed by atoms with Crippen molar-refractivity contribution in [2.75, 3.05) is 7.11 Å². The van der Waals surface area contributed by atoms with Gasteiger partial charge in [-0.15, -0.1) is 0 Å². The first kappa shape index (κ1) is 9.84. The summed E-state index contributed by atoms with van der Waals surface area (Å²) in [6.07, 6.45) is 4.29. The SMILES string of the molecule is COC(=O)NC1CCCCC1Br. The highest BCUT2D eigenvalue weighted by atomic mass is 79.9. The van der Waals surface area contributed by atoms with Crippen molar-refractivity contribution >= 4 is 22.0 Å². The lowest BCUT2D eigenvalue weighted by Gasteiger charge is -2.27. The lowest BCUT2D eigenvalue weighted by molar-refractivity contribution is 0.164. The molecule has 0 aromatic rings. The van der Waals surface area contributed by atoms with E-state index in [9.17, 15) is 4.79 Å². The topological polar surface area (TPSA) is 38.3 Å². The van der Waals surface area contributed by atoms with E-state index in [1.807, 2.05) is 0 Å². The number of methoxy groups -OCH3 is 1. The zero-order chi connectivity index (χ0) is 8.97. The van der Waals surface area contributed by atoms with Crippen LogP contribution in [0.25, 0.3) is 0 Å². The third-order valence-electron chi connectivity index (χ3n) is 2.17. The highest BCUT2D eigenvalue weighted by molar-refractivity contribution is 9.09. The number of ether oxygens (including phenoxy) is 1. The fourth-order valence-corrected chi connectivity index (χ4v) is 2.18. The van der Waals surface area contributed by atoms with Crippen LogP contribution in [0.2, 0.25) is 0 Å². The molecule has 70 valence electrons. The van der Waals surface area contributed by atoms with E-state index in [1.165, 1.54) is 20.0 Å². The van der Waals surface area contributed by atoms with Gasteiger partial charge in [-0.05, 0) is 12.8 Å². The van der Waals surface area contributed by atoms with Gasteiger partial charge in [-0.3, -0.25) is 0 Å². The van der Waals surface area contributed by atoms with Gasteiger partial charge < -0.3 is 10.1 Å². The molecule has 4 heteroatoms. The quantitative estimate of drug-likeness (QED) is 0.707. The number of hydrogen-bond acceptors (Lipinski definition) is 2. The van der Waals surface area contributed by atoms with Crippen molar-refractivity contribution in [3.63, 3.8) is 0 Å². The standard InChI is InChI=1S/C8H14BrNO2/c1-12-8(11)10-7-5-3-2-4-6(7)9/h6-7H,2-5H2,1H3,(H,10,11). The lowest BCUT2D eigenvalue weighted by Crippen LogP contribution is -2.42. The van der Waals surface area contributed by atoms with Crippen LogP contribution in [-0.2, 0) is 4.74 Å². The molecule has 2 atom stereocenters. The average Bonchev–Trinajstić information content (AvgIpc) is 2.09. The van der Waals surface area contributed by atoms with Crippen LogP contribution < -0.4 is 5.32 Å². The summed E-state index contributed by atoms with van der Waals surface area (Å²) >= 11 is 3.54. The molecule has 1 rings (SSSR count). The van der Waals surface area contributed by atoms with Crippen molar-refractivity contribution in [1.29, 1.82) is 0 Å². The molecule has 0 saturated heterocycles. The molecule has 1 fully saturated rings. The second-order valence-corrected chi connectivity index (χ2v) is 4.22. The summed E-state index contributed by atoms with van der Waals surface area (Å²) in [6.45, 7) is 0. The molecule has 0 radical (unpaired) electrons. The van der Waals surface area contributed by atoms with Gasteiger partial charge in [0.05, 0.1) is 7.11 Å². The molecule has 0 heterocycles. The van der Waals surface area contributed by atoms with E-state index in [2.05, 4.69) is 26.0 Å². The number of nitrogens with one attached hydrogen (secondary N) is 1. The molecule has 1 amide bonds. The molecule has 3 nitrogen and oxygen atoms in total. The van der Waals surface area contributed by atoms with Crippen molar-refractivity contribution < 1.29 is 9.53 Å². The molecule has 1 aliphatic rings. The van der Waals surface area contributed by atoms with Gasteiger partial charge in [-0.25, -0.2) is 4.79 Å². The van der Waals surface area contributed by atoms with Gasteiger partial charge in [0.1, 0.15) is 0 Å². The normalized spacial score (nSPS) is 29.5. The van der Waals surface area contributed by atoms with Crippen LogP contribution in [0.15, 0.2) is 0 Å². The van der Waals surface area contributed by atoms with Gasteiger partial charge in [0.15, 0.2) is 0 Å². The highest BCUT2D eigenvalue weighted by Crippen LogP contribution is 2.24. The molecule has 0 spiro atoms. The van der Waals surface area contributed by atoms with Crippen LogP contribution in [0.1, 0.15) is 25.7 Å². The van der Waals surface area contributed by atoms with Crippen LogP contribution >= 0.6 is 15.9 Å². The molecular weight excluding hydrogens is 222 g/mol. The summed E-state index contributed by atoms with van der Waals surface area (Å²) in [6, 6.07) is 0.242. The minimum Gasteiger partial charge on any atom is -0.453 e. The number of alkyl halides is 1. The first-order chi connectivity index (χ1) is 5.74. The Morgan fingerprint density at radius 3 is 2.75 bits per heavy atom. The molecule has 1 saturated carbocycles. The number of carbonyl (C=O) groups excluding carboxylic acids is 1. The van der Waals surface area contributed by atoms with Gasteiger partial charge in [-0.2, -0.15) is 0 Å². The maximum absolute atomic E-state index is 10.9. The first-order valence-electron chi connectivity index (χ1n) is 4.22. The Morgan fingerprint density at radius 1 is 1.50 bits per heavy atom. The number of carbonyl (C=O) groups is 1. The van der Waals surface area contributed by atoms with Crippen molar-refractivity contribution in [2.45, 2.75) is 36.6 Å². The number of hydrogen-bond donors (Lipinski definition) is 1. The first-order valence-corrected chi connectivity index (χ1v) is 5.14. The minimum atomic E-state index is -0.327. The van der Waals surface area contributed by atoms with Crippen LogP contribution in [0.5, 0.6) is 0 Å². The predicted octanol–water partition coefficient (Wildman–Crippen LogP) is 2.05. The average molecular weight is 236 g/mol. The summed E-state index contributed by atoms with van der Waals surface area (Å²) < 4.78 is 4.53. The molecule has 0 aromatic heterocycles. The van der Waals surface area contributed by atoms with E-state index in [0.717, 1.165) is 12.8 Å². The van der Waals surface area contributed by atoms with Crippen molar-refractivity contribution in [3.05, 3.63) is 0 Å². The summed E-state index contributed by atoms with van der Waals surface area (Å²) in [5, 5.41) is 2.81. The Bertz CT molecular complexity index is 163. The van der Waals surface area contributed by atoms with E-state index in [4.69, 9.17) is 0 Å². The fraction of sp³-hybridized carbons (Fsp3) is 0.875. The molecule has 0 bridgehead atoms. The fourth-order valence-electron chi connectivity index (χ4n) is 1.46. The van der Waals surface area contributed by atoms with Crippen LogP contribution in [0.3, 0.4) is 0 Å². The van der Waals surface area contributed by atoms with Crippen LogP contribution in [0.4, 0.5) is 4.79 Å². The van der Waals surface area contributed by atoms with Gasteiger partial charge in [0.25, 0.3) is 0 Å². The summed E-state index contributed by atoms with van der Waals surface area (Å²) in [4.78, 5) is 11.3. The van der Waals surface area contributed by atoms with E-state index in [1.54, 1.807) is 0 Å².